The normalized spacial score (nSPS) is 37.9. The van der Waals surface area contributed by atoms with Crippen molar-refractivity contribution in [2.45, 2.75) is 19.9 Å². The molecule has 0 fully saturated rings. The molecular weight excluding hydrogens is 248 g/mol. The topological polar surface area (TPSA) is 102 Å². The zero-order chi connectivity index (χ0) is 15.0. The molecule has 0 bridgehead atoms. The number of carboxylic acids is 2. The summed E-state index contributed by atoms with van der Waals surface area (Å²) in [4.78, 5) is 24.7. The van der Waals surface area contributed by atoms with Crippen LogP contribution in [0.5, 0.6) is 0 Å². The molecule has 1 rings (SSSR count). The third kappa shape index (κ3) is 1.90. The van der Waals surface area contributed by atoms with E-state index in [9.17, 15) is 25.1 Å². The number of carboxylic acid groups (broad SMARTS) is 2. The summed E-state index contributed by atoms with van der Waals surface area (Å²) in [6, 6.07) is 0.894. The van der Waals surface area contributed by atoms with Gasteiger partial charge >= 0.3 is 11.9 Å². The maximum atomic E-state index is 11.7. The van der Waals surface area contributed by atoms with Crippen LogP contribution in [0.4, 0.5) is 0 Å². The molecule has 0 aromatic heterocycles. The number of hydrogen-bond donors (Lipinski definition) is 2. The van der Waals surface area contributed by atoms with Crippen molar-refractivity contribution in [3.05, 3.63) is 12.2 Å². The van der Waals surface area contributed by atoms with E-state index in [1.165, 1.54) is 24.0 Å². The summed E-state index contributed by atoms with van der Waals surface area (Å²) in [5.74, 6) is -3.01. The van der Waals surface area contributed by atoms with Gasteiger partial charge < -0.3 is 15.1 Å². The second-order valence-corrected chi connectivity index (χ2v) is 5.39. The molecule has 104 valence electrons. The molecule has 0 amide bonds. The maximum Gasteiger partial charge on any atom is 0.326 e. The van der Waals surface area contributed by atoms with Crippen LogP contribution in [0.1, 0.15) is 13.8 Å². The predicted octanol–water partition coefficient (Wildman–Crippen LogP) is 0.808. The highest BCUT2D eigenvalue weighted by Crippen LogP contribution is 2.48. The Balaban J connectivity index is 3.63. The van der Waals surface area contributed by atoms with Crippen molar-refractivity contribution < 1.29 is 19.8 Å². The number of nitriles is 1. The highest BCUT2D eigenvalue weighted by Gasteiger charge is 2.62. The zero-order valence-electron chi connectivity index (χ0n) is 11.4. The molecule has 0 spiro atoms. The van der Waals surface area contributed by atoms with Gasteiger partial charge in [0.05, 0.1) is 12.1 Å². The van der Waals surface area contributed by atoms with Crippen LogP contribution < -0.4 is 0 Å². The third-order valence-corrected chi connectivity index (χ3v) is 3.96. The van der Waals surface area contributed by atoms with Crippen molar-refractivity contribution in [2.24, 2.45) is 16.7 Å². The van der Waals surface area contributed by atoms with Crippen LogP contribution in [-0.4, -0.2) is 47.2 Å². The van der Waals surface area contributed by atoms with E-state index >= 15 is 0 Å². The smallest absolute Gasteiger partial charge is 0.326 e. The van der Waals surface area contributed by atoms with E-state index in [1.54, 1.807) is 21.0 Å². The standard InChI is InChI=1S/C13H18N2O4/c1-8-5-6-12(2,10(16)17)9(15(3)4)13(8,7-14)11(18)19/h5-6,8-9H,1-4H3,(H,16,17)(H,18,19). The van der Waals surface area contributed by atoms with Crippen LogP contribution in [-0.2, 0) is 9.59 Å². The van der Waals surface area contributed by atoms with Crippen LogP contribution in [0.25, 0.3) is 0 Å². The molecule has 0 heterocycles. The molecule has 0 saturated carbocycles. The summed E-state index contributed by atoms with van der Waals surface area (Å²) in [5, 5.41) is 28.4. The van der Waals surface area contributed by atoms with E-state index < -0.39 is 34.7 Å². The Kier molecular flexibility index (Phi) is 3.73. The van der Waals surface area contributed by atoms with E-state index in [0.717, 1.165) is 0 Å². The molecule has 2 N–H and O–H groups in total. The average molecular weight is 266 g/mol. The highest BCUT2D eigenvalue weighted by molar-refractivity contribution is 5.85. The zero-order valence-corrected chi connectivity index (χ0v) is 11.4. The molecule has 1 aliphatic rings. The van der Waals surface area contributed by atoms with Gasteiger partial charge in [-0.3, -0.25) is 9.59 Å². The quantitative estimate of drug-likeness (QED) is 0.733. The second-order valence-electron chi connectivity index (χ2n) is 5.39. The number of rotatable bonds is 3. The first-order valence-corrected chi connectivity index (χ1v) is 5.88. The molecule has 6 heteroatoms. The summed E-state index contributed by atoms with van der Waals surface area (Å²) >= 11 is 0. The van der Waals surface area contributed by atoms with Gasteiger partial charge in [0.2, 0.25) is 0 Å². The molecule has 6 nitrogen and oxygen atoms in total. The fourth-order valence-electron chi connectivity index (χ4n) is 2.96. The Morgan fingerprint density at radius 2 is 1.84 bits per heavy atom. The Bertz CT molecular complexity index is 480. The minimum Gasteiger partial charge on any atom is -0.481 e. The molecule has 0 aliphatic heterocycles. The van der Waals surface area contributed by atoms with Gasteiger partial charge in [-0.1, -0.05) is 19.1 Å². The van der Waals surface area contributed by atoms with Crippen molar-refractivity contribution in [1.29, 1.82) is 5.26 Å². The summed E-state index contributed by atoms with van der Waals surface area (Å²) in [6.07, 6.45) is 2.99. The highest BCUT2D eigenvalue weighted by atomic mass is 16.4. The van der Waals surface area contributed by atoms with E-state index in [1.807, 2.05) is 6.07 Å². The number of nitrogens with zero attached hydrogens (tertiary/aromatic N) is 2. The fourth-order valence-corrected chi connectivity index (χ4v) is 2.96. The van der Waals surface area contributed by atoms with Crippen molar-refractivity contribution in [3.63, 3.8) is 0 Å². The van der Waals surface area contributed by atoms with Gasteiger partial charge in [0.1, 0.15) is 5.41 Å². The van der Waals surface area contributed by atoms with Crippen molar-refractivity contribution in [3.8, 4) is 6.07 Å². The molecule has 0 saturated heterocycles. The lowest BCUT2D eigenvalue weighted by atomic mass is 9.58. The van der Waals surface area contributed by atoms with Crippen LogP contribution in [0.3, 0.4) is 0 Å². The van der Waals surface area contributed by atoms with E-state index in [4.69, 9.17) is 0 Å². The Labute approximate surface area is 111 Å². The molecule has 4 atom stereocenters. The van der Waals surface area contributed by atoms with Crippen molar-refractivity contribution in [1.82, 2.24) is 4.90 Å². The molecular formula is C13H18N2O4. The van der Waals surface area contributed by atoms with Gasteiger partial charge in [-0.15, -0.1) is 0 Å². The molecule has 4 unspecified atom stereocenters. The molecule has 0 aromatic carbocycles. The molecule has 1 aliphatic carbocycles. The summed E-state index contributed by atoms with van der Waals surface area (Å²) in [5.41, 5.74) is -3.21. The van der Waals surface area contributed by atoms with E-state index in [2.05, 4.69) is 0 Å². The average Bonchev–Trinajstić information content (AvgIpc) is 2.30. The van der Waals surface area contributed by atoms with Gasteiger partial charge in [0.15, 0.2) is 5.41 Å². The van der Waals surface area contributed by atoms with Crippen molar-refractivity contribution >= 4 is 11.9 Å². The second kappa shape index (κ2) is 4.67. The van der Waals surface area contributed by atoms with Crippen LogP contribution >= 0.6 is 0 Å². The monoisotopic (exact) mass is 266 g/mol. The van der Waals surface area contributed by atoms with Crippen molar-refractivity contribution in [2.75, 3.05) is 14.1 Å². The lowest BCUT2D eigenvalue weighted by Crippen LogP contribution is -2.62. The van der Waals surface area contributed by atoms with Gasteiger partial charge in [-0.2, -0.15) is 5.26 Å². The Morgan fingerprint density at radius 3 is 2.16 bits per heavy atom. The first-order chi connectivity index (χ1) is 8.64. The largest absolute Gasteiger partial charge is 0.481 e. The summed E-state index contributed by atoms with van der Waals surface area (Å²) in [7, 11) is 3.18. The van der Waals surface area contributed by atoms with Gasteiger partial charge in [0, 0.05) is 5.92 Å². The van der Waals surface area contributed by atoms with E-state index in [-0.39, 0.29) is 0 Å². The van der Waals surface area contributed by atoms with E-state index in [0.29, 0.717) is 0 Å². The van der Waals surface area contributed by atoms with Gasteiger partial charge in [-0.25, -0.2) is 0 Å². The first-order valence-electron chi connectivity index (χ1n) is 5.88. The predicted molar refractivity (Wildman–Crippen MR) is 67.2 cm³/mol. The maximum absolute atomic E-state index is 11.7. The minimum absolute atomic E-state index is 0.574. The number of aliphatic carboxylic acids is 2. The van der Waals surface area contributed by atoms with Crippen LogP contribution in [0.15, 0.2) is 12.2 Å². The van der Waals surface area contributed by atoms with Gasteiger partial charge in [-0.05, 0) is 21.0 Å². The summed E-state index contributed by atoms with van der Waals surface area (Å²) < 4.78 is 0. The Morgan fingerprint density at radius 1 is 1.32 bits per heavy atom. The molecule has 0 aromatic rings. The number of carbonyl (C=O) groups is 2. The Hall–Kier alpha value is -1.87. The first kappa shape index (κ1) is 15.2. The third-order valence-electron chi connectivity index (χ3n) is 3.96. The van der Waals surface area contributed by atoms with Crippen LogP contribution in [0.2, 0.25) is 0 Å². The lowest BCUT2D eigenvalue weighted by molar-refractivity contribution is -0.162. The SMILES string of the molecule is CC1C=CC(C)(C(=O)O)C(N(C)C)C1(C#N)C(=O)O. The summed E-state index contributed by atoms with van der Waals surface area (Å²) in [6.45, 7) is 3.06. The van der Waals surface area contributed by atoms with Gasteiger partial charge in [0.25, 0.3) is 0 Å². The molecule has 19 heavy (non-hydrogen) atoms. The molecule has 0 radical (unpaired) electrons. The fraction of sp³-hybridized carbons (Fsp3) is 0.615. The number of allylic oxidation sites excluding steroid dienone is 1. The lowest BCUT2D eigenvalue weighted by Gasteiger charge is -2.48. The minimum atomic E-state index is -1.79. The van der Waals surface area contributed by atoms with Crippen LogP contribution in [0, 0.1) is 28.1 Å². The number of hydrogen-bond acceptors (Lipinski definition) is 4.